The minimum Gasteiger partial charge on any atom is -0.467 e. The number of furan rings is 1. The third-order valence-corrected chi connectivity index (χ3v) is 7.47. The normalized spacial score (nSPS) is 14.8. The quantitative estimate of drug-likeness (QED) is 0.492. The number of anilines is 1. The van der Waals surface area contributed by atoms with Crippen LogP contribution in [0, 0.1) is 0 Å². The molecule has 0 radical (unpaired) electrons. The summed E-state index contributed by atoms with van der Waals surface area (Å²) in [6.07, 6.45) is 3.43. The van der Waals surface area contributed by atoms with Crippen LogP contribution in [0.25, 0.3) is 0 Å². The number of amides is 1. The molecule has 1 saturated carbocycles. The van der Waals surface area contributed by atoms with E-state index in [0.717, 1.165) is 17.1 Å². The molecule has 31 heavy (non-hydrogen) atoms. The summed E-state index contributed by atoms with van der Waals surface area (Å²) < 4.78 is 33.1. The van der Waals surface area contributed by atoms with Crippen LogP contribution in [0.1, 0.15) is 41.9 Å². The van der Waals surface area contributed by atoms with Crippen molar-refractivity contribution in [2.45, 2.75) is 36.7 Å². The molecule has 162 valence electrons. The number of halogens is 1. The lowest BCUT2D eigenvalue weighted by Crippen LogP contribution is -2.35. The fraction of sp³-hybridized carbons (Fsp3) is 0.261. The van der Waals surface area contributed by atoms with Gasteiger partial charge in [-0.05, 0) is 68.3 Å². The molecule has 0 saturated heterocycles. The number of benzene rings is 2. The fourth-order valence-electron chi connectivity index (χ4n) is 3.58. The van der Waals surface area contributed by atoms with E-state index in [1.165, 1.54) is 19.2 Å². The van der Waals surface area contributed by atoms with Crippen LogP contribution in [0.3, 0.4) is 0 Å². The van der Waals surface area contributed by atoms with Crippen LogP contribution in [0.4, 0.5) is 5.69 Å². The zero-order chi connectivity index (χ0) is 22.2. The highest BCUT2D eigenvalue weighted by molar-refractivity contribution is 7.92. The minimum atomic E-state index is -3.87. The Morgan fingerprint density at radius 1 is 1.10 bits per heavy atom. The summed E-state index contributed by atoms with van der Waals surface area (Å²) in [6.45, 7) is 1.92. The molecule has 0 bridgehead atoms. The molecular formula is C23H23ClN2O4S. The number of carbonyl (C=O) groups is 1. The summed E-state index contributed by atoms with van der Waals surface area (Å²) >= 11 is 6.01. The average Bonchev–Trinajstić information content (AvgIpc) is 3.44. The molecule has 1 amide bonds. The van der Waals surface area contributed by atoms with Gasteiger partial charge in [-0.15, -0.1) is 0 Å². The Hall–Kier alpha value is -2.77. The molecule has 1 aliphatic carbocycles. The van der Waals surface area contributed by atoms with E-state index >= 15 is 0 Å². The van der Waals surface area contributed by atoms with Crippen LogP contribution in [0.2, 0.25) is 5.02 Å². The van der Waals surface area contributed by atoms with Crippen molar-refractivity contribution in [3.63, 3.8) is 0 Å². The van der Waals surface area contributed by atoms with Crippen LogP contribution < -0.4 is 4.31 Å². The third kappa shape index (κ3) is 4.34. The molecule has 6 nitrogen and oxygen atoms in total. The Balaban J connectivity index is 1.65. The Labute approximate surface area is 187 Å². The van der Waals surface area contributed by atoms with E-state index in [0.29, 0.717) is 22.0 Å². The molecule has 4 rings (SSSR count). The smallest absolute Gasteiger partial charge is 0.264 e. The molecule has 1 aromatic heterocycles. The average molecular weight is 459 g/mol. The molecule has 1 fully saturated rings. The highest BCUT2D eigenvalue weighted by atomic mass is 35.5. The number of hydrogen-bond donors (Lipinski definition) is 0. The third-order valence-electron chi connectivity index (χ3n) is 5.46. The molecule has 1 unspecified atom stereocenters. The molecule has 2 aromatic carbocycles. The number of nitrogens with zero attached hydrogens (tertiary/aromatic N) is 2. The summed E-state index contributed by atoms with van der Waals surface area (Å²) in [5.41, 5.74) is 0.765. The lowest BCUT2D eigenvalue weighted by molar-refractivity contribution is 0.0652. The van der Waals surface area contributed by atoms with Crippen molar-refractivity contribution in [3.8, 4) is 0 Å². The first-order valence-electron chi connectivity index (χ1n) is 9.99. The summed E-state index contributed by atoms with van der Waals surface area (Å²) in [5.74, 6) is 0.485. The van der Waals surface area contributed by atoms with Crippen molar-refractivity contribution in [1.29, 1.82) is 0 Å². The maximum Gasteiger partial charge on any atom is 0.264 e. The maximum atomic E-state index is 13.4. The second kappa shape index (κ2) is 8.40. The van der Waals surface area contributed by atoms with Crippen LogP contribution in [0.15, 0.2) is 76.2 Å². The van der Waals surface area contributed by atoms with Gasteiger partial charge in [0.2, 0.25) is 0 Å². The number of rotatable bonds is 7. The second-order valence-corrected chi connectivity index (χ2v) is 10.0. The summed E-state index contributed by atoms with van der Waals surface area (Å²) in [6, 6.07) is 16.3. The Kier molecular flexibility index (Phi) is 5.81. The lowest BCUT2D eigenvalue weighted by Gasteiger charge is -2.28. The SMILES string of the molecule is CC(c1ccco1)N(C(=O)c1cccc(S(=O)(=O)N(C)c2cccc(Cl)c2)c1)C1CC1. The molecule has 3 aromatic rings. The zero-order valence-corrected chi connectivity index (χ0v) is 18.8. The Morgan fingerprint density at radius 2 is 1.84 bits per heavy atom. The first kappa shape index (κ1) is 21.5. The lowest BCUT2D eigenvalue weighted by atomic mass is 10.1. The molecule has 0 N–H and O–H groups in total. The van der Waals surface area contributed by atoms with Gasteiger partial charge in [-0.2, -0.15) is 0 Å². The highest BCUT2D eigenvalue weighted by Crippen LogP contribution is 2.36. The van der Waals surface area contributed by atoms with Crippen LogP contribution in [-0.4, -0.2) is 32.3 Å². The summed E-state index contributed by atoms with van der Waals surface area (Å²) in [7, 11) is -2.41. The second-order valence-electron chi connectivity index (χ2n) is 7.62. The maximum absolute atomic E-state index is 13.4. The Morgan fingerprint density at radius 3 is 2.48 bits per heavy atom. The van der Waals surface area contributed by atoms with Gasteiger partial charge in [0.25, 0.3) is 15.9 Å². The van der Waals surface area contributed by atoms with E-state index in [-0.39, 0.29) is 22.9 Å². The largest absolute Gasteiger partial charge is 0.467 e. The van der Waals surface area contributed by atoms with E-state index < -0.39 is 10.0 Å². The van der Waals surface area contributed by atoms with Gasteiger partial charge in [0.05, 0.1) is 22.9 Å². The fourth-order valence-corrected chi connectivity index (χ4v) is 5.00. The van der Waals surface area contributed by atoms with Crippen LogP contribution in [-0.2, 0) is 10.0 Å². The first-order valence-corrected chi connectivity index (χ1v) is 11.8. The van der Waals surface area contributed by atoms with Gasteiger partial charge in [0.15, 0.2) is 0 Å². The van der Waals surface area contributed by atoms with E-state index in [2.05, 4.69) is 0 Å². The van der Waals surface area contributed by atoms with Gasteiger partial charge in [0, 0.05) is 23.7 Å². The minimum absolute atomic E-state index is 0.0437. The number of sulfonamides is 1. The van der Waals surface area contributed by atoms with E-state index in [9.17, 15) is 13.2 Å². The van der Waals surface area contributed by atoms with Crippen molar-refractivity contribution in [1.82, 2.24) is 4.90 Å². The zero-order valence-electron chi connectivity index (χ0n) is 17.2. The van der Waals surface area contributed by atoms with Gasteiger partial charge >= 0.3 is 0 Å². The monoisotopic (exact) mass is 458 g/mol. The van der Waals surface area contributed by atoms with Gasteiger partial charge in [-0.25, -0.2) is 8.42 Å². The summed E-state index contributed by atoms with van der Waals surface area (Å²) in [5, 5.41) is 0.440. The van der Waals surface area contributed by atoms with E-state index in [4.69, 9.17) is 16.0 Å². The molecule has 0 spiro atoms. The van der Waals surface area contributed by atoms with Crippen molar-refractivity contribution in [2.75, 3.05) is 11.4 Å². The van der Waals surface area contributed by atoms with Crippen molar-refractivity contribution < 1.29 is 17.6 Å². The van der Waals surface area contributed by atoms with Gasteiger partial charge in [0.1, 0.15) is 5.76 Å². The molecule has 1 atom stereocenters. The van der Waals surface area contributed by atoms with Crippen molar-refractivity contribution in [2.24, 2.45) is 0 Å². The molecule has 8 heteroatoms. The van der Waals surface area contributed by atoms with Crippen molar-refractivity contribution >= 4 is 33.2 Å². The molecule has 1 aliphatic rings. The van der Waals surface area contributed by atoms with Gasteiger partial charge in [-0.1, -0.05) is 23.7 Å². The molecular weight excluding hydrogens is 436 g/mol. The van der Waals surface area contributed by atoms with Gasteiger partial charge < -0.3 is 9.32 Å². The number of carbonyl (C=O) groups excluding carboxylic acids is 1. The topological polar surface area (TPSA) is 70.8 Å². The van der Waals surface area contributed by atoms with E-state index in [1.807, 2.05) is 13.0 Å². The predicted octanol–water partition coefficient (Wildman–Crippen LogP) is 5.12. The van der Waals surface area contributed by atoms with Crippen molar-refractivity contribution in [3.05, 3.63) is 83.3 Å². The summed E-state index contributed by atoms with van der Waals surface area (Å²) in [4.78, 5) is 15.2. The first-order chi connectivity index (χ1) is 14.8. The number of hydrogen-bond acceptors (Lipinski definition) is 4. The van der Waals surface area contributed by atoms with Gasteiger partial charge in [-0.3, -0.25) is 9.10 Å². The Bertz CT molecular complexity index is 1190. The van der Waals surface area contributed by atoms with Crippen LogP contribution >= 0.6 is 11.6 Å². The predicted molar refractivity (Wildman–Crippen MR) is 120 cm³/mol. The van der Waals surface area contributed by atoms with E-state index in [1.54, 1.807) is 53.6 Å². The molecule has 0 aliphatic heterocycles. The van der Waals surface area contributed by atoms with Crippen LogP contribution in [0.5, 0.6) is 0 Å². The highest BCUT2D eigenvalue weighted by Gasteiger charge is 2.38. The molecule has 1 heterocycles. The standard InChI is InChI=1S/C23H23ClN2O4S/c1-16(22-10-5-13-30-22)26(19-11-12-19)23(27)17-6-3-9-21(14-17)31(28,29)25(2)20-8-4-7-18(24)15-20/h3-10,13-16,19H,11-12H2,1-2H3.